The first-order chi connectivity index (χ1) is 9.31. The molecule has 5 nitrogen and oxygen atoms in total. The average molecular weight is 279 g/mol. The number of nitrogens with one attached hydrogen (secondary N) is 1. The predicted octanol–water partition coefficient (Wildman–Crippen LogP) is 1.69. The maximum atomic E-state index is 9.41. The number of rotatable bonds is 4. The smallest absolute Gasteiger partial charge is 0.166 e. The van der Waals surface area contributed by atoms with E-state index >= 15 is 0 Å². The number of morpholine rings is 1. The third-order valence-electron chi connectivity index (χ3n) is 3.19. The van der Waals surface area contributed by atoms with E-state index in [9.17, 15) is 5.11 Å². The number of hydrogen-bond donors (Lipinski definition) is 2. The number of phenolic OH excluding ortho intramolecular Hbond substituents is 1. The highest BCUT2D eigenvalue weighted by Crippen LogP contribution is 2.22. The first kappa shape index (κ1) is 12.8. The Hall–Kier alpha value is -1.24. The number of imidazole rings is 1. The Morgan fingerprint density at radius 1 is 1.37 bits per heavy atom. The van der Waals surface area contributed by atoms with Gasteiger partial charge in [-0.3, -0.25) is 4.90 Å². The molecule has 0 spiro atoms. The van der Waals surface area contributed by atoms with Gasteiger partial charge in [-0.2, -0.15) is 0 Å². The van der Waals surface area contributed by atoms with Gasteiger partial charge in [0.1, 0.15) is 5.75 Å². The van der Waals surface area contributed by atoms with E-state index in [1.807, 2.05) is 6.07 Å². The molecule has 0 aliphatic carbocycles. The topological polar surface area (TPSA) is 61.4 Å². The lowest BCUT2D eigenvalue weighted by atomic mass is 10.3. The van der Waals surface area contributed by atoms with Crippen LogP contribution in [0, 0.1) is 0 Å². The fraction of sp³-hybridized carbons (Fsp3) is 0.462. The quantitative estimate of drug-likeness (QED) is 0.834. The lowest BCUT2D eigenvalue weighted by molar-refractivity contribution is 0.0410. The fourth-order valence-electron chi connectivity index (χ4n) is 2.14. The summed E-state index contributed by atoms with van der Waals surface area (Å²) in [5.74, 6) is 1.27. The van der Waals surface area contributed by atoms with Crippen molar-refractivity contribution in [3.8, 4) is 5.75 Å². The highest BCUT2D eigenvalue weighted by Gasteiger charge is 2.10. The first-order valence-corrected chi connectivity index (χ1v) is 7.41. The summed E-state index contributed by atoms with van der Waals surface area (Å²) in [6, 6.07) is 5.19. The second kappa shape index (κ2) is 5.81. The predicted molar refractivity (Wildman–Crippen MR) is 75.7 cm³/mol. The molecule has 0 bridgehead atoms. The molecule has 19 heavy (non-hydrogen) atoms. The molecule has 0 unspecified atom stereocenters. The maximum absolute atomic E-state index is 9.41. The molecule has 2 heterocycles. The van der Waals surface area contributed by atoms with Crippen molar-refractivity contribution in [3.63, 3.8) is 0 Å². The van der Waals surface area contributed by atoms with Crippen molar-refractivity contribution < 1.29 is 9.84 Å². The molecule has 1 aromatic carbocycles. The number of phenols is 1. The molecule has 0 atom stereocenters. The van der Waals surface area contributed by atoms with Crippen molar-refractivity contribution in [2.75, 3.05) is 38.6 Å². The van der Waals surface area contributed by atoms with E-state index in [1.165, 1.54) is 0 Å². The van der Waals surface area contributed by atoms with Crippen molar-refractivity contribution in [1.82, 2.24) is 14.9 Å². The molecule has 3 rings (SSSR count). The van der Waals surface area contributed by atoms with Crippen LogP contribution in [0.5, 0.6) is 5.75 Å². The molecule has 0 amide bonds. The Bertz CT molecular complexity index is 552. The van der Waals surface area contributed by atoms with E-state index < -0.39 is 0 Å². The van der Waals surface area contributed by atoms with Crippen LogP contribution in [-0.4, -0.2) is 58.6 Å². The third kappa shape index (κ3) is 3.20. The molecule has 1 saturated heterocycles. The van der Waals surface area contributed by atoms with Crippen molar-refractivity contribution in [2.24, 2.45) is 0 Å². The van der Waals surface area contributed by atoms with E-state index in [0.29, 0.717) is 0 Å². The lowest BCUT2D eigenvalue weighted by Crippen LogP contribution is -2.37. The standard InChI is InChI=1S/C13H17N3O2S/c17-10-1-2-11-12(9-10)15-13(14-11)19-8-5-16-3-6-18-7-4-16/h1-2,9,17H,3-8H2,(H,14,15). The second-order valence-electron chi connectivity index (χ2n) is 4.55. The number of H-pyrrole nitrogens is 1. The number of benzene rings is 1. The second-order valence-corrected chi connectivity index (χ2v) is 5.63. The largest absolute Gasteiger partial charge is 0.508 e. The summed E-state index contributed by atoms with van der Waals surface area (Å²) in [6.07, 6.45) is 0. The fourth-order valence-corrected chi connectivity index (χ4v) is 3.03. The van der Waals surface area contributed by atoms with Gasteiger partial charge < -0.3 is 14.8 Å². The van der Waals surface area contributed by atoms with Gasteiger partial charge in [0.2, 0.25) is 0 Å². The van der Waals surface area contributed by atoms with Crippen LogP contribution in [0.25, 0.3) is 11.0 Å². The molecule has 1 fully saturated rings. The number of fused-ring (bicyclic) bond motifs is 1. The van der Waals surface area contributed by atoms with Crippen LogP contribution >= 0.6 is 11.8 Å². The van der Waals surface area contributed by atoms with Gasteiger partial charge in [-0.05, 0) is 12.1 Å². The number of nitrogens with zero attached hydrogens (tertiary/aromatic N) is 2. The summed E-state index contributed by atoms with van der Waals surface area (Å²) in [6.45, 7) is 4.78. The van der Waals surface area contributed by atoms with Crippen LogP contribution in [0.3, 0.4) is 0 Å². The van der Waals surface area contributed by atoms with Gasteiger partial charge in [0.05, 0.1) is 24.2 Å². The number of aromatic amines is 1. The zero-order chi connectivity index (χ0) is 13.1. The minimum Gasteiger partial charge on any atom is -0.508 e. The van der Waals surface area contributed by atoms with Crippen molar-refractivity contribution in [3.05, 3.63) is 18.2 Å². The maximum Gasteiger partial charge on any atom is 0.166 e. The molecule has 1 aromatic heterocycles. The molecule has 0 radical (unpaired) electrons. The average Bonchev–Trinajstić information content (AvgIpc) is 2.82. The van der Waals surface area contributed by atoms with Gasteiger partial charge in [0, 0.05) is 31.5 Å². The minimum atomic E-state index is 0.265. The molecule has 6 heteroatoms. The van der Waals surface area contributed by atoms with E-state index in [-0.39, 0.29) is 5.75 Å². The van der Waals surface area contributed by atoms with Crippen molar-refractivity contribution in [2.45, 2.75) is 5.16 Å². The first-order valence-electron chi connectivity index (χ1n) is 6.43. The van der Waals surface area contributed by atoms with Crippen molar-refractivity contribution >= 4 is 22.8 Å². The zero-order valence-electron chi connectivity index (χ0n) is 10.6. The van der Waals surface area contributed by atoms with Crippen LogP contribution in [-0.2, 0) is 4.74 Å². The monoisotopic (exact) mass is 279 g/mol. The molecular weight excluding hydrogens is 262 g/mol. The summed E-state index contributed by atoms with van der Waals surface area (Å²) in [5, 5.41) is 10.3. The van der Waals surface area contributed by atoms with Gasteiger partial charge in [0.25, 0.3) is 0 Å². The van der Waals surface area contributed by atoms with Crippen LogP contribution in [0.2, 0.25) is 0 Å². The van der Waals surface area contributed by atoms with Gasteiger partial charge in [-0.25, -0.2) is 4.98 Å². The van der Waals surface area contributed by atoms with Gasteiger partial charge >= 0.3 is 0 Å². The Balaban J connectivity index is 1.56. The zero-order valence-corrected chi connectivity index (χ0v) is 11.4. The Morgan fingerprint density at radius 3 is 3.05 bits per heavy atom. The molecule has 2 aromatic rings. The molecular formula is C13H17N3O2S. The number of hydrogen-bond acceptors (Lipinski definition) is 5. The summed E-state index contributed by atoms with van der Waals surface area (Å²) in [7, 11) is 0. The number of aromatic nitrogens is 2. The minimum absolute atomic E-state index is 0.265. The summed E-state index contributed by atoms with van der Waals surface area (Å²) >= 11 is 1.71. The summed E-state index contributed by atoms with van der Waals surface area (Å²) < 4.78 is 5.32. The van der Waals surface area contributed by atoms with Crippen LogP contribution in [0.4, 0.5) is 0 Å². The molecule has 1 aliphatic rings. The molecule has 2 N–H and O–H groups in total. The number of thioether (sulfide) groups is 1. The number of ether oxygens (including phenoxy) is 1. The molecule has 102 valence electrons. The highest BCUT2D eigenvalue weighted by molar-refractivity contribution is 7.99. The Kier molecular flexibility index (Phi) is 3.91. The van der Waals surface area contributed by atoms with Gasteiger partial charge in [-0.1, -0.05) is 11.8 Å². The lowest BCUT2D eigenvalue weighted by Gasteiger charge is -2.26. The highest BCUT2D eigenvalue weighted by atomic mass is 32.2. The molecule has 0 saturated carbocycles. The van der Waals surface area contributed by atoms with E-state index in [1.54, 1.807) is 23.9 Å². The Morgan fingerprint density at radius 2 is 2.21 bits per heavy atom. The van der Waals surface area contributed by atoms with Crippen molar-refractivity contribution in [1.29, 1.82) is 0 Å². The van der Waals surface area contributed by atoms with E-state index in [4.69, 9.17) is 4.74 Å². The van der Waals surface area contributed by atoms with Crippen LogP contribution in [0.1, 0.15) is 0 Å². The molecule has 1 aliphatic heterocycles. The van der Waals surface area contributed by atoms with Gasteiger partial charge in [-0.15, -0.1) is 0 Å². The summed E-state index contributed by atoms with van der Waals surface area (Å²) in [4.78, 5) is 10.1. The van der Waals surface area contributed by atoms with Gasteiger partial charge in [0.15, 0.2) is 5.16 Å². The normalized spacial score (nSPS) is 17.1. The Labute approximate surface area is 116 Å². The SMILES string of the molecule is Oc1ccc2nc(SCCN3CCOCC3)[nH]c2c1. The van der Waals surface area contributed by atoms with E-state index in [0.717, 1.165) is 54.8 Å². The van der Waals surface area contributed by atoms with Crippen LogP contribution in [0.15, 0.2) is 23.4 Å². The van der Waals surface area contributed by atoms with E-state index in [2.05, 4.69) is 14.9 Å². The third-order valence-corrected chi connectivity index (χ3v) is 4.05. The van der Waals surface area contributed by atoms with Crippen LogP contribution < -0.4 is 0 Å². The summed E-state index contributed by atoms with van der Waals surface area (Å²) in [5.41, 5.74) is 1.78. The number of aromatic hydroxyl groups is 1.